The van der Waals surface area contributed by atoms with Gasteiger partial charge in [-0.2, -0.15) is 0 Å². The Kier molecular flexibility index (Phi) is 7.18. The molecule has 6 heteroatoms. The summed E-state index contributed by atoms with van der Waals surface area (Å²) in [6.07, 6.45) is 3.95. The Morgan fingerprint density at radius 3 is 2.33 bits per heavy atom. The summed E-state index contributed by atoms with van der Waals surface area (Å²) in [7, 11) is 1.57. The first-order valence-electron chi connectivity index (χ1n) is 7.19. The lowest BCUT2D eigenvalue weighted by molar-refractivity contribution is -0.121. The molecule has 0 spiro atoms. The molecule has 1 aromatic rings. The molecule has 0 saturated heterocycles. The highest BCUT2D eigenvalue weighted by Gasteiger charge is 2.11. The largest absolute Gasteiger partial charge is 0.353 e. The third-order valence-corrected chi connectivity index (χ3v) is 4.71. The number of nitrogens with one attached hydrogen (secondary N) is 1. The Morgan fingerprint density at radius 1 is 1.24 bits per heavy atom. The van der Waals surface area contributed by atoms with Crippen molar-refractivity contribution in [2.45, 2.75) is 56.9 Å². The highest BCUT2D eigenvalue weighted by molar-refractivity contribution is 8.13. The number of carbonyl (C=O) groups is 1. The Balaban J connectivity index is 2.50. The van der Waals surface area contributed by atoms with Gasteiger partial charge in [0.2, 0.25) is 5.91 Å². The van der Waals surface area contributed by atoms with Gasteiger partial charge in [0.1, 0.15) is 0 Å². The van der Waals surface area contributed by atoms with Gasteiger partial charge in [-0.3, -0.25) is 4.79 Å². The summed E-state index contributed by atoms with van der Waals surface area (Å²) in [5, 5.41) is 3.02. The molecule has 1 atom stereocenters. The molecule has 1 unspecified atom stereocenters. The van der Waals surface area contributed by atoms with Crippen molar-refractivity contribution in [1.82, 2.24) is 5.32 Å². The molecule has 1 amide bonds. The van der Waals surface area contributed by atoms with E-state index in [0.29, 0.717) is 12.8 Å². The van der Waals surface area contributed by atoms with Crippen LogP contribution in [-0.4, -0.2) is 20.4 Å². The molecular weight excluding hydrogens is 310 g/mol. The number of aryl methyl sites for hydroxylation is 1. The molecule has 118 valence electrons. The Morgan fingerprint density at radius 2 is 1.86 bits per heavy atom. The first-order valence-corrected chi connectivity index (χ1v) is 9.50. The second kappa shape index (κ2) is 8.39. The second-order valence-electron chi connectivity index (χ2n) is 5.04. The van der Waals surface area contributed by atoms with Gasteiger partial charge in [0, 0.05) is 23.1 Å². The lowest BCUT2D eigenvalue weighted by atomic mass is 10.1. The molecule has 0 fully saturated rings. The number of carbonyl (C=O) groups excluding carboxylic acids is 1. The van der Waals surface area contributed by atoms with E-state index in [9.17, 15) is 13.2 Å². The summed E-state index contributed by atoms with van der Waals surface area (Å²) in [5.41, 5.74) is 0.915. The molecule has 0 aliphatic carbocycles. The van der Waals surface area contributed by atoms with E-state index < -0.39 is 9.05 Å². The van der Waals surface area contributed by atoms with Gasteiger partial charge in [0.05, 0.1) is 4.90 Å². The van der Waals surface area contributed by atoms with Crippen LogP contribution in [-0.2, 0) is 20.3 Å². The van der Waals surface area contributed by atoms with E-state index in [1.807, 2.05) is 0 Å². The monoisotopic (exact) mass is 331 g/mol. The van der Waals surface area contributed by atoms with Crippen LogP contribution in [0.1, 0.15) is 45.1 Å². The van der Waals surface area contributed by atoms with Crippen LogP contribution in [0.15, 0.2) is 29.2 Å². The van der Waals surface area contributed by atoms with Crippen molar-refractivity contribution in [2.75, 3.05) is 0 Å². The van der Waals surface area contributed by atoms with Crippen LogP contribution in [0.2, 0.25) is 0 Å². The SMILES string of the molecule is CCCC(CC)NC(=O)CCc1ccc(S(=O)(=O)Cl)cc1. The molecule has 0 aliphatic heterocycles. The summed E-state index contributed by atoms with van der Waals surface area (Å²) in [6, 6.07) is 6.53. The quantitative estimate of drug-likeness (QED) is 0.744. The zero-order valence-corrected chi connectivity index (χ0v) is 14.0. The number of hydrogen-bond donors (Lipinski definition) is 1. The molecule has 0 radical (unpaired) electrons. The van der Waals surface area contributed by atoms with Gasteiger partial charge in [-0.25, -0.2) is 8.42 Å². The smallest absolute Gasteiger partial charge is 0.261 e. The van der Waals surface area contributed by atoms with Crippen LogP contribution >= 0.6 is 10.7 Å². The average Bonchev–Trinajstić information content (AvgIpc) is 2.44. The minimum atomic E-state index is -3.68. The van der Waals surface area contributed by atoms with Crippen LogP contribution < -0.4 is 5.32 Å². The molecule has 0 aromatic heterocycles. The van der Waals surface area contributed by atoms with Crippen LogP contribution in [0.5, 0.6) is 0 Å². The molecule has 0 saturated carbocycles. The van der Waals surface area contributed by atoms with Crippen LogP contribution in [0.25, 0.3) is 0 Å². The number of amides is 1. The standard InChI is InChI=1S/C15H22ClNO3S/c1-3-5-13(4-2)17-15(18)11-8-12-6-9-14(10-7-12)21(16,19)20/h6-7,9-10,13H,3-5,8,11H2,1-2H3,(H,17,18). The predicted molar refractivity (Wildman–Crippen MR) is 84.9 cm³/mol. The molecular formula is C15H22ClNO3S. The molecule has 1 rings (SSSR count). The van der Waals surface area contributed by atoms with Gasteiger partial charge in [-0.15, -0.1) is 0 Å². The fourth-order valence-electron chi connectivity index (χ4n) is 2.10. The van der Waals surface area contributed by atoms with E-state index in [0.717, 1.165) is 24.8 Å². The lowest BCUT2D eigenvalue weighted by Gasteiger charge is -2.15. The van der Waals surface area contributed by atoms with Gasteiger partial charge in [-0.1, -0.05) is 32.4 Å². The van der Waals surface area contributed by atoms with Crippen LogP contribution in [0, 0.1) is 0 Å². The van der Waals surface area contributed by atoms with Crippen molar-refractivity contribution in [3.05, 3.63) is 29.8 Å². The van der Waals surface area contributed by atoms with E-state index in [2.05, 4.69) is 19.2 Å². The zero-order valence-electron chi connectivity index (χ0n) is 12.4. The summed E-state index contributed by atoms with van der Waals surface area (Å²) in [5.74, 6) is 0.0318. The Bertz CT molecular complexity index is 555. The molecule has 0 aliphatic rings. The molecule has 4 nitrogen and oxygen atoms in total. The van der Waals surface area contributed by atoms with E-state index in [-0.39, 0.29) is 16.8 Å². The molecule has 0 bridgehead atoms. The third-order valence-electron chi connectivity index (χ3n) is 3.34. The minimum absolute atomic E-state index is 0.0318. The average molecular weight is 332 g/mol. The van der Waals surface area contributed by atoms with Crippen molar-refractivity contribution in [2.24, 2.45) is 0 Å². The third kappa shape index (κ3) is 6.48. The second-order valence-corrected chi connectivity index (χ2v) is 7.61. The van der Waals surface area contributed by atoms with Crippen molar-refractivity contribution >= 4 is 25.6 Å². The Hall–Kier alpha value is -1.07. The van der Waals surface area contributed by atoms with E-state index in [1.165, 1.54) is 12.1 Å². The summed E-state index contributed by atoms with van der Waals surface area (Å²) < 4.78 is 22.3. The number of halogens is 1. The maximum absolute atomic E-state index is 11.9. The van der Waals surface area contributed by atoms with E-state index in [1.54, 1.807) is 12.1 Å². The van der Waals surface area contributed by atoms with Gasteiger partial charge >= 0.3 is 0 Å². The van der Waals surface area contributed by atoms with E-state index in [4.69, 9.17) is 10.7 Å². The predicted octanol–water partition coefficient (Wildman–Crippen LogP) is 3.24. The van der Waals surface area contributed by atoms with Crippen molar-refractivity contribution in [3.63, 3.8) is 0 Å². The Labute approximate surface area is 131 Å². The van der Waals surface area contributed by atoms with Gasteiger partial charge in [0.25, 0.3) is 9.05 Å². The fourth-order valence-corrected chi connectivity index (χ4v) is 2.87. The van der Waals surface area contributed by atoms with Gasteiger partial charge < -0.3 is 5.32 Å². The molecule has 0 heterocycles. The van der Waals surface area contributed by atoms with Crippen molar-refractivity contribution < 1.29 is 13.2 Å². The summed E-state index contributed by atoms with van der Waals surface area (Å²) in [6.45, 7) is 4.16. The van der Waals surface area contributed by atoms with Crippen molar-refractivity contribution in [1.29, 1.82) is 0 Å². The van der Waals surface area contributed by atoms with Crippen molar-refractivity contribution in [3.8, 4) is 0 Å². The molecule has 21 heavy (non-hydrogen) atoms. The lowest BCUT2D eigenvalue weighted by Crippen LogP contribution is -2.34. The highest BCUT2D eigenvalue weighted by Crippen LogP contribution is 2.16. The highest BCUT2D eigenvalue weighted by atomic mass is 35.7. The van der Waals surface area contributed by atoms with Crippen LogP contribution in [0.3, 0.4) is 0 Å². The molecule has 1 aromatic carbocycles. The maximum Gasteiger partial charge on any atom is 0.261 e. The number of rotatable bonds is 8. The maximum atomic E-state index is 11.9. The number of benzene rings is 1. The first kappa shape index (κ1) is 18.0. The zero-order chi connectivity index (χ0) is 15.9. The topological polar surface area (TPSA) is 63.2 Å². The first-order chi connectivity index (χ1) is 9.86. The summed E-state index contributed by atoms with van der Waals surface area (Å²) >= 11 is 0. The summed E-state index contributed by atoms with van der Waals surface area (Å²) in [4.78, 5) is 11.9. The van der Waals surface area contributed by atoms with Gasteiger partial charge in [0.15, 0.2) is 0 Å². The number of hydrogen-bond acceptors (Lipinski definition) is 3. The van der Waals surface area contributed by atoms with Crippen LogP contribution in [0.4, 0.5) is 0 Å². The normalized spacial score (nSPS) is 12.9. The van der Waals surface area contributed by atoms with Gasteiger partial charge in [-0.05, 0) is 37.0 Å². The van der Waals surface area contributed by atoms with E-state index >= 15 is 0 Å². The fraction of sp³-hybridized carbons (Fsp3) is 0.533. The molecule has 1 N–H and O–H groups in total. The minimum Gasteiger partial charge on any atom is -0.353 e.